The van der Waals surface area contributed by atoms with E-state index in [0.717, 1.165) is 16.7 Å². The zero-order chi connectivity index (χ0) is 20.2. The minimum absolute atomic E-state index is 0.469. The molecule has 0 spiro atoms. The molecule has 0 aliphatic carbocycles. The first-order chi connectivity index (χ1) is 14.1. The molecule has 2 N–H and O–H groups in total. The first-order valence-corrected chi connectivity index (χ1v) is 8.87. The van der Waals surface area contributed by atoms with Crippen molar-refractivity contribution >= 4 is 28.9 Å². The van der Waals surface area contributed by atoms with Gasteiger partial charge in [-0.3, -0.25) is 4.79 Å². The summed E-state index contributed by atoms with van der Waals surface area (Å²) in [5.74, 6) is -0.815. The van der Waals surface area contributed by atoms with E-state index < -0.39 is 18.5 Å². The number of carbonyl (C=O) groups is 2. The first kappa shape index (κ1) is 18.2. The lowest BCUT2D eigenvalue weighted by atomic mass is 10.2. The Bertz CT molecular complexity index is 1170. The average Bonchev–Trinajstić information content (AvgIpc) is 3.35. The molecule has 29 heavy (non-hydrogen) atoms. The predicted octanol–water partition coefficient (Wildman–Crippen LogP) is 3.33. The number of benzene rings is 2. The highest BCUT2D eigenvalue weighted by Crippen LogP contribution is 2.30. The number of para-hydroxylation sites is 2. The van der Waals surface area contributed by atoms with E-state index in [1.54, 1.807) is 17.0 Å². The minimum Gasteiger partial charge on any atom is -0.454 e. The quantitative estimate of drug-likeness (QED) is 0.404. The zero-order valence-electron chi connectivity index (χ0n) is 15.3. The van der Waals surface area contributed by atoms with E-state index in [4.69, 9.17) is 14.9 Å². The maximum atomic E-state index is 11.8. The van der Waals surface area contributed by atoms with Crippen molar-refractivity contribution < 1.29 is 18.7 Å². The molecule has 0 atom stereocenters. The second-order valence-electron chi connectivity index (χ2n) is 6.27. The summed E-state index contributed by atoms with van der Waals surface area (Å²) in [4.78, 5) is 22.6. The Labute approximate surface area is 166 Å². The average molecular weight is 387 g/mol. The second kappa shape index (κ2) is 7.85. The van der Waals surface area contributed by atoms with Crippen LogP contribution in [0.1, 0.15) is 5.56 Å². The van der Waals surface area contributed by atoms with E-state index >= 15 is 0 Å². The predicted molar refractivity (Wildman–Crippen MR) is 108 cm³/mol. The molecule has 0 saturated carbocycles. The number of nitrogens with two attached hydrogens (primary N) is 1. The van der Waals surface area contributed by atoms with Crippen molar-refractivity contribution in [2.75, 3.05) is 6.61 Å². The fourth-order valence-electron chi connectivity index (χ4n) is 2.86. The molecule has 7 heteroatoms. The Morgan fingerprint density at radius 1 is 1.10 bits per heavy atom. The lowest BCUT2D eigenvalue weighted by molar-refractivity contribution is -0.142. The van der Waals surface area contributed by atoms with Gasteiger partial charge in [0.15, 0.2) is 12.4 Å². The number of ether oxygens (including phenoxy) is 1. The molecule has 4 rings (SSSR count). The Hall–Kier alpha value is -4.13. The van der Waals surface area contributed by atoms with Crippen LogP contribution in [-0.2, 0) is 14.3 Å². The van der Waals surface area contributed by atoms with E-state index in [-0.39, 0.29) is 0 Å². The summed E-state index contributed by atoms with van der Waals surface area (Å²) < 4.78 is 12.4. The van der Waals surface area contributed by atoms with Crippen LogP contribution in [0.4, 0.5) is 0 Å². The van der Waals surface area contributed by atoms with Crippen LogP contribution >= 0.6 is 0 Å². The summed E-state index contributed by atoms with van der Waals surface area (Å²) in [7, 11) is 0. The SMILES string of the molecule is NC(=O)COC(=O)C=Cc1cn(-c2ccccc2)nc1-c1cc2ccccc2o1. The lowest BCUT2D eigenvalue weighted by Gasteiger charge is -1.98. The minimum atomic E-state index is -0.716. The third kappa shape index (κ3) is 4.08. The van der Waals surface area contributed by atoms with Gasteiger partial charge < -0.3 is 14.9 Å². The molecule has 0 radical (unpaired) electrons. The summed E-state index contributed by atoms with van der Waals surface area (Å²) in [6.45, 7) is -0.469. The standard InChI is InChI=1S/C22H17N3O4/c23-20(26)14-28-21(27)11-10-16-13-25(17-7-2-1-3-8-17)24-22(16)19-12-15-6-4-5-9-18(15)29-19/h1-13H,14H2,(H2,23,26). The third-order valence-corrected chi connectivity index (χ3v) is 4.18. The van der Waals surface area contributed by atoms with Crippen LogP contribution in [0.15, 0.2) is 77.4 Å². The maximum absolute atomic E-state index is 11.8. The Balaban J connectivity index is 1.73. The Kier molecular flexibility index (Phi) is 4.94. The fraction of sp³-hybridized carbons (Fsp3) is 0.0455. The highest BCUT2D eigenvalue weighted by atomic mass is 16.5. The van der Waals surface area contributed by atoms with Gasteiger partial charge in [0.1, 0.15) is 11.3 Å². The highest BCUT2D eigenvalue weighted by Gasteiger charge is 2.15. The Morgan fingerprint density at radius 2 is 1.86 bits per heavy atom. The number of rotatable bonds is 6. The highest BCUT2D eigenvalue weighted by molar-refractivity contribution is 5.91. The van der Waals surface area contributed by atoms with Gasteiger partial charge in [-0.25, -0.2) is 9.48 Å². The smallest absolute Gasteiger partial charge is 0.331 e. The summed E-state index contributed by atoms with van der Waals surface area (Å²) in [6, 6.07) is 19.1. The lowest BCUT2D eigenvalue weighted by Crippen LogP contribution is -2.19. The van der Waals surface area contributed by atoms with Gasteiger partial charge in [0.25, 0.3) is 5.91 Å². The third-order valence-electron chi connectivity index (χ3n) is 4.18. The molecular weight excluding hydrogens is 370 g/mol. The number of primary amides is 1. The van der Waals surface area contributed by atoms with Crippen LogP contribution < -0.4 is 5.73 Å². The van der Waals surface area contributed by atoms with E-state index in [1.165, 1.54) is 6.08 Å². The molecule has 0 aliphatic rings. The molecule has 2 aromatic heterocycles. The number of aromatic nitrogens is 2. The van der Waals surface area contributed by atoms with Crippen LogP contribution in [0, 0.1) is 0 Å². The molecular formula is C22H17N3O4. The van der Waals surface area contributed by atoms with E-state index in [1.807, 2.05) is 60.7 Å². The number of hydrogen-bond donors (Lipinski definition) is 1. The topological polar surface area (TPSA) is 100 Å². The van der Waals surface area contributed by atoms with Crippen LogP contribution in [0.3, 0.4) is 0 Å². The summed E-state index contributed by atoms with van der Waals surface area (Å²) >= 11 is 0. The fourth-order valence-corrected chi connectivity index (χ4v) is 2.86. The molecule has 0 fully saturated rings. The maximum Gasteiger partial charge on any atom is 0.331 e. The molecule has 4 aromatic rings. The van der Waals surface area contributed by atoms with E-state index in [9.17, 15) is 9.59 Å². The molecule has 1 amide bonds. The number of nitrogens with zero attached hydrogens (tertiary/aromatic N) is 2. The van der Waals surface area contributed by atoms with Gasteiger partial charge in [0, 0.05) is 23.2 Å². The summed E-state index contributed by atoms with van der Waals surface area (Å²) in [5.41, 5.74) is 7.82. The van der Waals surface area contributed by atoms with Gasteiger partial charge in [-0.2, -0.15) is 5.10 Å². The number of fused-ring (bicyclic) bond motifs is 1. The van der Waals surface area contributed by atoms with Crippen molar-refractivity contribution in [2.24, 2.45) is 5.73 Å². The van der Waals surface area contributed by atoms with E-state index in [0.29, 0.717) is 17.0 Å². The van der Waals surface area contributed by atoms with Crippen LogP contribution in [-0.4, -0.2) is 28.3 Å². The number of esters is 1. The molecule has 0 aliphatic heterocycles. The van der Waals surface area contributed by atoms with Gasteiger partial charge in [-0.05, 0) is 30.3 Å². The second-order valence-corrected chi connectivity index (χ2v) is 6.27. The molecule has 144 valence electrons. The molecule has 0 saturated heterocycles. The van der Waals surface area contributed by atoms with Crippen LogP contribution in [0.25, 0.3) is 34.2 Å². The molecule has 0 bridgehead atoms. The van der Waals surface area contributed by atoms with Crippen molar-refractivity contribution in [3.05, 3.63) is 78.5 Å². The monoisotopic (exact) mass is 387 g/mol. The zero-order valence-corrected chi connectivity index (χ0v) is 15.3. The van der Waals surface area contributed by atoms with Gasteiger partial charge in [0.05, 0.1) is 5.69 Å². The van der Waals surface area contributed by atoms with E-state index in [2.05, 4.69) is 5.10 Å². The normalized spacial score (nSPS) is 11.2. The summed E-state index contributed by atoms with van der Waals surface area (Å²) in [6.07, 6.45) is 4.58. The van der Waals surface area contributed by atoms with Crippen LogP contribution in [0.5, 0.6) is 0 Å². The van der Waals surface area contributed by atoms with Gasteiger partial charge in [-0.1, -0.05) is 36.4 Å². The van der Waals surface area contributed by atoms with Crippen molar-refractivity contribution in [3.63, 3.8) is 0 Å². The number of furan rings is 1. The van der Waals surface area contributed by atoms with Gasteiger partial charge in [0.2, 0.25) is 0 Å². The van der Waals surface area contributed by atoms with Crippen molar-refractivity contribution in [3.8, 4) is 17.1 Å². The molecule has 0 unspecified atom stereocenters. The largest absolute Gasteiger partial charge is 0.454 e. The van der Waals surface area contributed by atoms with Crippen molar-refractivity contribution in [2.45, 2.75) is 0 Å². The molecule has 7 nitrogen and oxygen atoms in total. The van der Waals surface area contributed by atoms with Gasteiger partial charge in [-0.15, -0.1) is 0 Å². The molecule has 2 heterocycles. The number of amides is 1. The number of carbonyl (C=O) groups excluding carboxylic acids is 2. The molecule has 2 aromatic carbocycles. The number of hydrogen-bond acceptors (Lipinski definition) is 5. The van der Waals surface area contributed by atoms with Crippen LogP contribution in [0.2, 0.25) is 0 Å². The van der Waals surface area contributed by atoms with Gasteiger partial charge >= 0.3 is 5.97 Å². The Morgan fingerprint density at radius 3 is 2.62 bits per heavy atom. The van der Waals surface area contributed by atoms with Crippen molar-refractivity contribution in [1.82, 2.24) is 9.78 Å². The first-order valence-electron chi connectivity index (χ1n) is 8.87. The van der Waals surface area contributed by atoms with Crippen molar-refractivity contribution in [1.29, 1.82) is 0 Å². The summed E-state index contributed by atoms with van der Waals surface area (Å²) in [5, 5.41) is 5.59.